The van der Waals surface area contributed by atoms with Crippen molar-refractivity contribution in [3.63, 3.8) is 0 Å². The highest BCUT2D eigenvalue weighted by atomic mass is 16.5. The standard InChI is InChI=1S/C21H24N4O2/c1-24(16-18-6-2-3-7-20(18)25-14-5-13-23-25)21(26)17-8-10-19(11-9-17)27-15-4-12-22/h2-3,5-11,13-14H,4,12,15-16,22H2,1H3. The van der Waals surface area contributed by atoms with Gasteiger partial charge in [0.25, 0.3) is 5.91 Å². The maximum absolute atomic E-state index is 12.8. The summed E-state index contributed by atoms with van der Waals surface area (Å²) in [4.78, 5) is 14.5. The lowest BCUT2D eigenvalue weighted by molar-refractivity contribution is 0.0785. The second-order valence-electron chi connectivity index (χ2n) is 6.26. The number of nitrogens with zero attached hydrogens (tertiary/aromatic N) is 3. The third-order valence-corrected chi connectivity index (χ3v) is 4.22. The number of benzene rings is 2. The molecular formula is C21H24N4O2. The summed E-state index contributed by atoms with van der Waals surface area (Å²) in [6.45, 7) is 1.67. The number of rotatable bonds is 8. The van der Waals surface area contributed by atoms with Gasteiger partial charge in [-0.1, -0.05) is 18.2 Å². The van der Waals surface area contributed by atoms with Gasteiger partial charge in [0.15, 0.2) is 0 Å². The molecule has 1 heterocycles. The molecule has 0 aliphatic carbocycles. The number of aromatic nitrogens is 2. The summed E-state index contributed by atoms with van der Waals surface area (Å²) in [7, 11) is 1.80. The van der Waals surface area contributed by atoms with Gasteiger partial charge in [0.05, 0.1) is 12.3 Å². The SMILES string of the molecule is CN(Cc1ccccc1-n1cccn1)C(=O)c1ccc(OCCCN)cc1. The number of nitrogens with two attached hydrogens (primary N) is 1. The van der Waals surface area contributed by atoms with Crippen LogP contribution in [0.5, 0.6) is 5.75 Å². The monoisotopic (exact) mass is 364 g/mol. The number of carbonyl (C=O) groups excluding carboxylic acids is 1. The number of ether oxygens (including phenoxy) is 1. The van der Waals surface area contributed by atoms with Gasteiger partial charge in [-0.25, -0.2) is 4.68 Å². The van der Waals surface area contributed by atoms with E-state index >= 15 is 0 Å². The molecule has 1 aromatic heterocycles. The zero-order valence-corrected chi connectivity index (χ0v) is 15.4. The van der Waals surface area contributed by atoms with E-state index in [0.29, 0.717) is 25.3 Å². The summed E-state index contributed by atoms with van der Waals surface area (Å²) in [5, 5.41) is 4.29. The van der Waals surface area contributed by atoms with Crippen LogP contribution in [0.4, 0.5) is 0 Å². The van der Waals surface area contributed by atoms with Crippen molar-refractivity contribution >= 4 is 5.91 Å². The summed E-state index contributed by atoms with van der Waals surface area (Å²) in [5.74, 6) is 0.699. The molecule has 0 fully saturated rings. The molecule has 0 aliphatic heterocycles. The molecule has 0 radical (unpaired) electrons. The zero-order chi connectivity index (χ0) is 19.1. The predicted octanol–water partition coefficient (Wildman–Crippen LogP) is 2.87. The first kappa shape index (κ1) is 18.7. The molecule has 6 heteroatoms. The Bertz CT molecular complexity index is 860. The third-order valence-electron chi connectivity index (χ3n) is 4.22. The number of carbonyl (C=O) groups is 1. The normalized spacial score (nSPS) is 10.6. The van der Waals surface area contributed by atoms with Crippen LogP contribution in [0.2, 0.25) is 0 Å². The molecule has 3 aromatic rings. The minimum atomic E-state index is -0.0428. The molecule has 0 atom stereocenters. The number of hydrogen-bond donors (Lipinski definition) is 1. The molecule has 0 aliphatic rings. The van der Waals surface area contributed by atoms with Gasteiger partial charge in [-0.3, -0.25) is 4.79 Å². The lowest BCUT2D eigenvalue weighted by Crippen LogP contribution is -2.26. The number of para-hydroxylation sites is 1. The van der Waals surface area contributed by atoms with E-state index in [-0.39, 0.29) is 5.91 Å². The largest absolute Gasteiger partial charge is 0.494 e. The fraction of sp³-hybridized carbons (Fsp3) is 0.238. The summed E-state index contributed by atoms with van der Waals surface area (Å²) >= 11 is 0. The summed E-state index contributed by atoms with van der Waals surface area (Å²) < 4.78 is 7.39. The second-order valence-corrected chi connectivity index (χ2v) is 6.26. The highest BCUT2D eigenvalue weighted by Crippen LogP contribution is 2.18. The lowest BCUT2D eigenvalue weighted by Gasteiger charge is -2.19. The molecule has 0 saturated heterocycles. The average Bonchev–Trinajstić information content (AvgIpc) is 3.23. The quantitative estimate of drug-likeness (QED) is 0.624. The highest BCUT2D eigenvalue weighted by molar-refractivity contribution is 5.94. The molecular weight excluding hydrogens is 340 g/mol. The molecule has 140 valence electrons. The first-order chi connectivity index (χ1) is 13.2. The van der Waals surface area contributed by atoms with Gasteiger partial charge in [0.1, 0.15) is 5.75 Å². The Morgan fingerprint density at radius 3 is 2.63 bits per heavy atom. The Morgan fingerprint density at radius 2 is 1.93 bits per heavy atom. The molecule has 0 bridgehead atoms. The molecule has 3 rings (SSSR count). The molecule has 2 N–H and O–H groups in total. The van der Waals surface area contributed by atoms with Crippen LogP contribution < -0.4 is 10.5 Å². The Labute approximate surface area is 159 Å². The Kier molecular flexibility index (Phi) is 6.22. The van der Waals surface area contributed by atoms with E-state index < -0.39 is 0 Å². The van der Waals surface area contributed by atoms with Crippen LogP contribution in [0.25, 0.3) is 5.69 Å². The van der Waals surface area contributed by atoms with Gasteiger partial charge < -0.3 is 15.4 Å². The Hall–Kier alpha value is -3.12. The van der Waals surface area contributed by atoms with Crippen molar-refractivity contribution in [2.75, 3.05) is 20.2 Å². The summed E-state index contributed by atoms with van der Waals surface area (Å²) in [6.07, 6.45) is 4.44. The predicted molar refractivity (Wildman–Crippen MR) is 105 cm³/mol. The second kappa shape index (κ2) is 9.00. The molecule has 27 heavy (non-hydrogen) atoms. The van der Waals surface area contributed by atoms with Crippen molar-refractivity contribution in [1.29, 1.82) is 0 Å². The Balaban J connectivity index is 1.68. The van der Waals surface area contributed by atoms with E-state index in [0.717, 1.165) is 23.4 Å². The van der Waals surface area contributed by atoms with Gasteiger partial charge in [0.2, 0.25) is 0 Å². The molecule has 0 unspecified atom stereocenters. The van der Waals surface area contributed by atoms with Crippen LogP contribution in [0.3, 0.4) is 0 Å². The third kappa shape index (κ3) is 4.74. The van der Waals surface area contributed by atoms with Crippen LogP contribution in [0.1, 0.15) is 22.3 Å². The molecule has 1 amide bonds. The maximum Gasteiger partial charge on any atom is 0.253 e. The van der Waals surface area contributed by atoms with E-state index in [9.17, 15) is 4.79 Å². The summed E-state index contributed by atoms with van der Waals surface area (Å²) in [5.41, 5.74) is 8.07. The van der Waals surface area contributed by atoms with Crippen LogP contribution >= 0.6 is 0 Å². The number of amides is 1. The summed E-state index contributed by atoms with van der Waals surface area (Å²) in [6, 6.07) is 17.0. The van der Waals surface area contributed by atoms with E-state index in [1.807, 2.05) is 48.7 Å². The minimum absolute atomic E-state index is 0.0428. The Morgan fingerprint density at radius 1 is 1.15 bits per heavy atom. The van der Waals surface area contributed by atoms with Crippen LogP contribution in [-0.4, -0.2) is 40.8 Å². The highest BCUT2D eigenvalue weighted by Gasteiger charge is 2.14. The van der Waals surface area contributed by atoms with E-state index in [2.05, 4.69) is 5.10 Å². The molecule has 0 saturated carbocycles. The van der Waals surface area contributed by atoms with Crippen molar-refractivity contribution in [3.8, 4) is 11.4 Å². The smallest absolute Gasteiger partial charge is 0.253 e. The average molecular weight is 364 g/mol. The molecule has 0 spiro atoms. The zero-order valence-electron chi connectivity index (χ0n) is 15.4. The first-order valence-electron chi connectivity index (χ1n) is 8.95. The van der Waals surface area contributed by atoms with Gasteiger partial charge in [-0.05, 0) is 54.9 Å². The van der Waals surface area contributed by atoms with Crippen molar-refractivity contribution in [2.24, 2.45) is 5.73 Å². The molecule has 2 aromatic carbocycles. The van der Waals surface area contributed by atoms with Crippen LogP contribution in [0, 0.1) is 0 Å². The van der Waals surface area contributed by atoms with Gasteiger partial charge in [-0.15, -0.1) is 0 Å². The van der Waals surface area contributed by atoms with E-state index in [1.54, 1.807) is 35.0 Å². The van der Waals surface area contributed by atoms with Crippen molar-refractivity contribution in [3.05, 3.63) is 78.1 Å². The van der Waals surface area contributed by atoms with E-state index in [4.69, 9.17) is 10.5 Å². The fourth-order valence-electron chi connectivity index (χ4n) is 2.79. The molecule has 6 nitrogen and oxygen atoms in total. The maximum atomic E-state index is 12.8. The topological polar surface area (TPSA) is 73.4 Å². The van der Waals surface area contributed by atoms with Crippen molar-refractivity contribution in [2.45, 2.75) is 13.0 Å². The first-order valence-corrected chi connectivity index (χ1v) is 8.95. The number of hydrogen-bond acceptors (Lipinski definition) is 4. The van der Waals surface area contributed by atoms with Gasteiger partial charge >= 0.3 is 0 Å². The van der Waals surface area contributed by atoms with Crippen molar-refractivity contribution < 1.29 is 9.53 Å². The fourth-order valence-corrected chi connectivity index (χ4v) is 2.79. The van der Waals surface area contributed by atoms with Crippen LogP contribution in [-0.2, 0) is 6.54 Å². The van der Waals surface area contributed by atoms with Gasteiger partial charge in [0, 0.05) is 31.5 Å². The lowest BCUT2D eigenvalue weighted by atomic mass is 10.1. The van der Waals surface area contributed by atoms with Gasteiger partial charge in [-0.2, -0.15) is 5.10 Å². The van der Waals surface area contributed by atoms with Crippen molar-refractivity contribution in [1.82, 2.24) is 14.7 Å². The minimum Gasteiger partial charge on any atom is -0.494 e. The van der Waals surface area contributed by atoms with Crippen LogP contribution in [0.15, 0.2) is 67.0 Å². The van der Waals surface area contributed by atoms with E-state index in [1.165, 1.54) is 0 Å².